The minimum absolute atomic E-state index is 0.198. The van der Waals surface area contributed by atoms with Gasteiger partial charge in [-0.1, -0.05) is 33.3 Å². The highest BCUT2D eigenvalue weighted by molar-refractivity contribution is 5.79. The number of carbonyl (C=O) groups excluding carboxylic acids is 1. The summed E-state index contributed by atoms with van der Waals surface area (Å²) in [6, 6.07) is 0. The van der Waals surface area contributed by atoms with Crippen LogP contribution in [0, 0.1) is 22.7 Å². The maximum absolute atomic E-state index is 11.6. The van der Waals surface area contributed by atoms with Gasteiger partial charge in [0, 0.05) is 24.8 Å². The number of rotatable bonds is 3. The molecular formula is C19H30O6. The van der Waals surface area contributed by atoms with Crippen LogP contribution in [0.25, 0.3) is 0 Å². The van der Waals surface area contributed by atoms with Gasteiger partial charge in [0.15, 0.2) is 0 Å². The van der Waals surface area contributed by atoms with Crippen LogP contribution in [0.5, 0.6) is 0 Å². The van der Waals surface area contributed by atoms with Crippen LogP contribution in [0.3, 0.4) is 0 Å². The minimum Gasteiger partial charge on any atom is -0.478 e. The summed E-state index contributed by atoms with van der Waals surface area (Å²) in [6.45, 7) is 8.96. The van der Waals surface area contributed by atoms with Crippen LogP contribution in [-0.4, -0.2) is 45.1 Å². The van der Waals surface area contributed by atoms with E-state index in [9.17, 15) is 19.8 Å². The van der Waals surface area contributed by atoms with E-state index >= 15 is 0 Å². The lowest BCUT2D eigenvalue weighted by atomic mass is 9.44. The summed E-state index contributed by atoms with van der Waals surface area (Å²) in [5, 5.41) is 31.0. The summed E-state index contributed by atoms with van der Waals surface area (Å²) >= 11 is 0. The van der Waals surface area contributed by atoms with Crippen molar-refractivity contribution < 1.29 is 29.6 Å². The fourth-order valence-electron chi connectivity index (χ4n) is 5.58. The number of esters is 1. The average Bonchev–Trinajstić information content (AvgIpc) is 2.42. The quantitative estimate of drug-likeness (QED) is 0.530. The molecule has 0 aliphatic heterocycles. The van der Waals surface area contributed by atoms with E-state index < -0.39 is 41.1 Å². The maximum atomic E-state index is 11.6. The molecule has 2 aliphatic rings. The number of aliphatic carboxylic acids is 1. The van der Waals surface area contributed by atoms with E-state index in [0.29, 0.717) is 0 Å². The number of carboxylic acid groups (broad SMARTS) is 1. The van der Waals surface area contributed by atoms with Crippen LogP contribution < -0.4 is 0 Å². The van der Waals surface area contributed by atoms with Gasteiger partial charge in [-0.2, -0.15) is 0 Å². The molecule has 0 aromatic rings. The molecule has 142 valence electrons. The highest BCUT2D eigenvalue weighted by Gasteiger charge is 2.65. The van der Waals surface area contributed by atoms with Crippen LogP contribution in [0.2, 0.25) is 0 Å². The van der Waals surface area contributed by atoms with Crippen molar-refractivity contribution in [1.29, 1.82) is 0 Å². The molecule has 2 fully saturated rings. The summed E-state index contributed by atoms with van der Waals surface area (Å²) < 4.78 is 5.49. The number of fused-ring (bicyclic) bond motifs is 1. The van der Waals surface area contributed by atoms with Crippen molar-refractivity contribution in [3.8, 4) is 0 Å². The second-order valence-electron chi connectivity index (χ2n) is 8.75. The van der Waals surface area contributed by atoms with E-state index in [1.54, 1.807) is 0 Å². The van der Waals surface area contributed by atoms with Gasteiger partial charge < -0.3 is 20.1 Å². The fraction of sp³-hybridized carbons (Fsp3) is 0.789. The predicted octanol–water partition coefficient (Wildman–Crippen LogP) is 2.13. The molecule has 3 N–H and O–H groups in total. The lowest BCUT2D eigenvalue weighted by molar-refractivity contribution is -0.261. The van der Waals surface area contributed by atoms with Gasteiger partial charge in [0.1, 0.15) is 12.2 Å². The van der Waals surface area contributed by atoms with Gasteiger partial charge in [-0.25, -0.2) is 4.79 Å². The van der Waals surface area contributed by atoms with Gasteiger partial charge in [0.2, 0.25) is 0 Å². The molecule has 6 heteroatoms. The number of hydrogen-bond donors (Lipinski definition) is 3. The zero-order valence-corrected chi connectivity index (χ0v) is 15.7. The Kier molecular flexibility index (Phi) is 5.10. The van der Waals surface area contributed by atoms with Crippen molar-refractivity contribution >= 4 is 11.9 Å². The number of carbonyl (C=O) groups is 2. The molecular weight excluding hydrogens is 324 g/mol. The Morgan fingerprint density at radius 3 is 2.28 bits per heavy atom. The first kappa shape index (κ1) is 19.9. The lowest BCUT2D eigenvalue weighted by Crippen LogP contribution is -2.70. The molecule has 2 rings (SSSR count). The number of carboxylic acids is 1. The first-order valence-electron chi connectivity index (χ1n) is 8.83. The molecule has 6 unspecified atom stereocenters. The van der Waals surface area contributed by atoms with Crippen LogP contribution in [-0.2, 0) is 14.3 Å². The second-order valence-corrected chi connectivity index (χ2v) is 8.75. The topological polar surface area (TPSA) is 104 Å². The SMILES string of the molecule is CC(=O)OC1C(O)C(C)(O)C(/C=C/C(=O)O)C2(C)CCCC(C)(C)C12. The van der Waals surface area contributed by atoms with Gasteiger partial charge in [-0.05, 0) is 30.6 Å². The third-order valence-corrected chi connectivity index (χ3v) is 6.40. The zero-order valence-electron chi connectivity index (χ0n) is 15.7. The molecule has 2 saturated carbocycles. The molecule has 2 aliphatic carbocycles. The van der Waals surface area contributed by atoms with E-state index in [2.05, 4.69) is 13.8 Å². The zero-order chi connectivity index (χ0) is 19.2. The number of aliphatic hydroxyl groups excluding tert-OH is 1. The van der Waals surface area contributed by atoms with Crippen LogP contribution in [0.4, 0.5) is 0 Å². The molecule has 6 nitrogen and oxygen atoms in total. The molecule has 0 heterocycles. The third kappa shape index (κ3) is 3.34. The Labute approximate surface area is 148 Å². The molecule has 0 radical (unpaired) electrons. The van der Waals surface area contributed by atoms with Crippen molar-refractivity contribution in [3.63, 3.8) is 0 Å². The number of ether oxygens (including phenoxy) is 1. The van der Waals surface area contributed by atoms with E-state index in [1.165, 1.54) is 19.9 Å². The van der Waals surface area contributed by atoms with Gasteiger partial charge in [0.25, 0.3) is 0 Å². The van der Waals surface area contributed by atoms with Gasteiger partial charge in [0.05, 0.1) is 5.60 Å². The molecule has 6 atom stereocenters. The molecule has 0 aromatic carbocycles. The van der Waals surface area contributed by atoms with Crippen molar-refractivity contribution in [2.45, 2.75) is 71.7 Å². The first-order valence-corrected chi connectivity index (χ1v) is 8.83. The van der Waals surface area contributed by atoms with Gasteiger partial charge in [-0.15, -0.1) is 0 Å². The van der Waals surface area contributed by atoms with E-state index in [1.807, 2.05) is 6.92 Å². The fourth-order valence-corrected chi connectivity index (χ4v) is 5.58. The summed E-state index contributed by atoms with van der Waals surface area (Å²) in [5.74, 6) is -2.36. The number of hydrogen-bond acceptors (Lipinski definition) is 5. The molecule has 0 bridgehead atoms. The van der Waals surface area contributed by atoms with Crippen LogP contribution >= 0.6 is 0 Å². The van der Waals surface area contributed by atoms with Gasteiger partial charge in [-0.3, -0.25) is 4.79 Å². The highest BCUT2D eigenvalue weighted by Crippen LogP contribution is 2.62. The smallest absolute Gasteiger partial charge is 0.327 e. The maximum Gasteiger partial charge on any atom is 0.327 e. The number of aliphatic hydroxyl groups is 2. The third-order valence-electron chi connectivity index (χ3n) is 6.40. The van der Waals surface area contributed by atoms with Crippen molar-refractivity contribution in [2.24, 2.45) is 22.7 Å². The van der Waals surface area contributed by atoms with E-state index in [-0.39, 0.29) is 11.3 Å². The molecule has 25 heavy (non-hydrogen) atoms. The Morgan fingerprint density at radius 2 is 1.76 bits per heavy atom. The average molecular weight is 354 g/mol. The molecule has 0 spiro atoms. The summed E-state index contributed by atoms with van der Waals surface area (Å²) in [4.78, 5) is 22.7. The van der Waals surface area contributed by atoms with Gasteiger partial charge >= 0.3 is 11.9 Å². The first-order chi connectivity index (χ1) is 11.3. The lowest BCUT2D eigenvalue weighted by Gasteiger charge is -2.63. The monoisotopic (exact) mass is 354 g/mol. The van der Waals surface area contributed by atoms with E-state index in [0.717, 1.165) is 25.3 Å². The predicted molar refractivity (Wildman–Crippen MR) is 91.7 cm³/mol. The van der Waals surface area contributed by atoms with Crippen LogP contribution in [0.1, 0.15) is 53.9 Å². The van der Waals surface area contributed by atoms with Crippen molar-refractivity contribution in [3.05, 3.63) is 12.2 Å². The molecule has 0 amide bonds. The summed E-state index contributed by atoms with van der Waals surface area (Å²) in [6.07, 6.45) is 2.99. The van der Waals surface area contributed by atoms with Crippen molar-refractivity contribution in [2.75, 3.05) is 0 Å². The summed E-state index contributed by atoms with van der Waals surface area (Å²) in [7, 11) is 0. The molecule has 0 saturated heterocycles. The normalized spacial score (nSPS) is 43.5. The molecule has 0 aromatic heterocycles. The highest BCUT2D eigenvalue weighted by atomic mass is 16.6. The minimum atomic E-state index is -1.61. The Hall–Kier alpha value is -1.40. The van der Waals surface area contributed by atoms with Crippen molar-refractivity contribution in [1.82, 2.24) is 0 Å². The van der Waals surface area contributed by atoms with E-state index in [4.69, 9.17) is 9.84 Å². The standard InChI is InChI=1S/C19H30O6/c1-11(20)25-14-15-17(2,3)9-6-10-18(15,4)12(7-8-13(21)22)19(5,24)16(14)23/h7-8,12,14-16,23-24H,6,9-10H2,1-5H3,(H,21,22)/b8-7+. The summed E-state index contributed by atoms with van der Waals surface area (Å²) in [5.41, 5.74) is -2.33. The Bertz CT molecular complexity index is 578. The van der Waals surface area contributed by atoms with Crippen LogP contribution in [0.15, 0.2) is 12.2 Å². The Morgan fingerprint density at radius 1 is 1.16 bits per heavy atom. The largest absolute Gasteiger partial charge is 0.478 e. The Balaban J connectivity index is 2.61. The second kappa shape index (κ2) is 6.40.